The Bertz CT molecular complexity index is 915. The fraction of sp³-hybridized carbons (Fsp3) is 0.158. The summed E-state index contributed by atoms with van der Waals surface area (Å²) in [5.74, 6) is -0.189. The molecule has 0 aliphatic carbocycles. The normalized spacial score (nSPS) is 10.7. The third-order valence-corrected chi connectivity index (χ3v) is 4.15. The predicted molar refractivity (Wildman–Crippen MR) is 97.2 cm³/mol. The maximum atomic E-state index is 12.4. The van der Waals surface area contributed by atoms with E-state index in [-0.39, 0.29) is 5.91 Å². The van der Waals surface area contributed by atoms with Crippen LogP contribution in [0.3, 0.4) is 0 Å². The lowest BCUT2D eigenvalue weighted by atomic mass is 10.1. The second-order valence-electron chi connectivity index (χ2n) is 5.77. The first kappa shape index (κ1) is 16.3. The Hall–Kier alpha value is -2.59. The fourth-order valence-electron chi connectivity index (χ4n) is 2.66. The summed E-state index contributed by atoms with van der Waals surface area (Å²) in [4.78, 5) is 12.4. The van der Waals surface area contributed by atoms with E-state index in [4.69, 9.17) is 11.6 Å². The Kier molecular flexibility index (Phi) is 4.40. The lowest BCUT2D eigenvalue weighted by molar-refractivity contribution is 0.102. The monoisotopic (exact) mass is 339 g/mol. The lowest BCUT2D eigenvalue weighted by Crippen LogP contribution is -2.13. The second kappa shape index (κ2) is 6.49. The van der Waals surface area contributed by atoms with Crippen molar-refractivity contribution >= 4 is 23.2 Å². The standard InChI is InChI=1S/C19H18ClN3O/c1-12-10-15(19(24)21-17-7-5-4-6-16(17)20)8-9-18(12)23-14(3)11-13(2)22-23/h4-11H,1-3H3,(H,21,24). The molecule has 0 spiro atoms. The summed E-state index contributed by atoms with van der Waals surface area (Å²) >= 11 is 6.09. The van der Waals surface area contributed by atoms with Crippen LogP contribution in [-0.4, -0.2) is 15.7 Å². The molecule has 1 amide bonds. The molecule has 5 heteroatoms. The van der Waals surface area contributed by atoms with Crippen molar-refractivity contribution in [3.05, 3.63) is 76.1 Å². The summed E-state index contributed by atoms with van der Waals surface area (Å²) in [6.45, 7) is 5.94. The number of halogens is 1. The highest BCUT2D eigenvalue weighted by Gasteiger charge is 2.12. The van der Waals surface area contributed by atoms with Crippen LogP contribution in [0.1, 0.15) is 27.3 Å². The largest absolute Gasteiger partial charge is 0.321 e. The highest BCUT2D eigenvalue weighted by atomic mass is 35.5. The molecule has 0 bridgehead atoms. The first-order valence-electron chi connectivity index (χ1n) is 7.66. The molecule has 0 unspecified atom stereocenters. The molecule has 1 N–H and O–H groups in total. The van der Waals surface area contributed by atoms with Crippen LogP contribution in [0.5, 0.6) is 0 Å². The van der Waals surface area contributed by atoms with Crippen molar-refractivity contribution in [2.24, 2.45) is 0 Å². The summed E-state index contributed by atoms with van der Waals surface area (Å²) in [5, 5.41) is 7.84. The van der Waals surface area contributed by atoms with E-state index in [1.54, 1.807) is 18.2 Å². The van der Waals surface area contributed by atoms with Crippen molar-refractivity contribution in [3.8, 4) is 5.69 Å². The van der Waals surface area contributed by atoms with Crippen molar-refractivity contribution in [3.63, 3.8) is 0 Å². The average Bonchev–Trinajstić information content (AvgIpc) is 2.87. The average molecular weight is 340 g/mol. The minimum atomic E-state index is -0.189. The summed E-state index contributed by atoms with van der Waals surface area (Å²) < 4.78 is 1.89. The SMILES string of the molecule is Cc1cc(C)n(-c2ccc(C(=O)Nc3ccccc3Cl)cc2C)n1. The molecule has 0 atom stereocenters. The zero-order chi connectivity index (χ0) is 17.3. The van der Waals surface area contributed by atoms with Gasteiger partial charge in [-0.25, -0.2) is 4.68 Å². The van der Waals surface area contributed by atoms with Crippen molar-refractivity contribution in [1.82, 2.24) is 9.78 Å². The van der Waals surface area contributed by atoms with Gasteiger partial charge in [0.05, 0.1) is 22.1 Å². The number of nitrogens with one attached hydrogen (secondary N) is 1. The van der Waals surface area contributed by atoms with E-state index in [0.717, 1.165) is 22.6 Å². The van der Waals surface area contributed by atoms with Gasteiger partial charge in [-0.05, 0) is 62.7 Å². The van der Waals surface area contributed by atoms with E-state index >= 15 is 0 Å². The minimum Gasteiger partial charge on any atom is -0.321 e. The zero-order valence-electron chi connectivity index (χ0n) is 13.8. The summed E-state index contributed by atoms with van der Waals surface area (Å²) in [7, 11) is 0. The number of rotatable bonds is 3. The number of benzene rings is 2. The van der Waals surface area contributed by atoms with E-state index in [1.165, 1.54) is 0 Å². The highest BCUT2D eigenvalue weighted by Crippen LogP contribution is 2.22. The predicted octanol–water partition coefficient (Wildman–Crippen LogP) is 4.70. The van der Waals surface area contributed by atoms with Gasteiger partial charge in [-0.2, -0.15) is 5.10 Å². The number of hydrogen-bond donors (Lipinski definition) is 1. The molecule has 1 aromatic heterocycles. The van der Waals surface area contributed by atoms with Crippen molar-refractivity contribution in [2.75, 3.05) is 5.32 Å². The van der Waals surface area contributed by atoms with Gasteiger partial charge in [-0.1, -0.05) is 23.7 Å². The Balaban J connectivity index is 1.88. The molecule has 4 nitrogen and oxygen atoms in total. The number of aromatic nitrogens is 2. The van der Waals surface area contributed by atoms with E-state index in [0.29, 0.717) is 16.3 Å². The van der Waals surface area contributed by atoms with Crippen LogP contribution in [0, 0.1) is 20.8 Å². The van der Waals surface area contributed by atoms with Crippen LogP contribution >= 0.6 is 11.6 Å². The molecule has 3 rings (SSSR count). The number of carbonyl (C=O) groups excluding carboxylic acids is 1. The molecule has 2 aromatic carbocycles. The number of nitrogens with zero attached hydrogens (tertiary/aromatic N) is 2. The van der Waals surface area contributed by atoms with Gasteiger partial charge >= 0.3 is 0 Å². The fourth-order valence-corrected chi connectivity index (χ4v) is 2.85. The summed E-state index contributed by atoms with van der Waals surface area (Å²) in [6, 6.07) is 14.8. The van der Waals surface area contributed by atoms with Crippen LogP contribution < -0.4 is 5.32 Å². The van der Waals surface area contributed by atoms with Gasteiger partial charge in [0.15, 0.2) is 0 Å². The lowest BCUT2D eigenvalue weighted by Gasteiger charge is -2.11. The number of aryl methyl sites for hydroxylation is 3. The first-order chi connectivity index (χ1) is 11.5. The molecule has 0 radical (unpaired) electrons. The Labute approximate surface area is 146 Å². The van der Waals surface area contributed by atoms with Crippen LogP contribution in [0.2, 0.25) is 5.02 Å². The molecule has 0 aliphatic rings. The molecule has 0 saturated heterocycles. The maximum Gasteiger partial charge on any atom is 0.255 e. The van der Waals surface area contributed by atoms with E-state index < -0.39 is 0 Å². The van der Waals surface area contributed by atoms with Crippen molar-refractivity contribution in [2.45, 2.75) is 20.8 Å². The van der Waals surface area contributed by atoms with Gasteiger partial charge in [-0.3, -0.25) is 4.79 Å². The van der Waals surface area contributed by atoms with Gasteiger partial charge in [0, 0.05) is 11.3 Å². The van der Waals surface area contributed by atoms with E-state index in [2.05, 4.69) is 10.4 Å². The van der Waals surface area contributed by atoms with Gasteiger partial charge < -0.3 is 5.32 Å². The zero-order valence-corrected chi connectivity index (χ0v) is 14.6. The number of anilines is 1. The Morgan fingerprint density at radius 1 is 1.08 bits per heavy atom. The molecule has 122 valence electrons. The van der Waals surface area contributed by atoms with E-state index in [1.807, 2.05) is 55.8 Å². The van der Waals surface area contributed by atoms with Crippen molar-refractivity contribution < 1.29 is 4.79 Å². The van der Waals surface area contributed by atoms with Gasteiger partial charge in [0.2, 0.25) is 0 Å². The van der Waals surface area contributed by atoms with Crippen LogP contribution in [0.4, 0.5) is 5.69 Å². The van der Waals surface area contributed by atoms with Gasteiger partial charge in [0.25, 0.3) is 5.91 Å². The van der Waals surface area contributed by atoms with Gasteiger partial charge in [-0.15, -0.1) is 0 Å². The van der Waals surface area contributed by atoms with Crippen LogP contribution in [-0.2, 0) is 0 Å². The molecule has 3 aromatic rings. The molecular formula is C19H18ClN3O. The topological polar surface area (TPSA) is 46.9 Å². The molecule has 0 saturated carbocycles. The molecule has 0 aliphatic heterocycles. The van der Waals surface area contributed by atoms with Crippen LogP contribution in [0.15, 0.2) is 48.5 Å². The van der Waals surface area contributed by atoms with Crippen molar-refractivity contribution in [1.29, 1.82) is 0 Å². The molecular weight excluding hydrogens is 322 g/mol. The summed E-state index contributed by atoms with van der Waals surface area (Å²) in [6.07, 6.45) is 0. The number of amides is 1. The van der Waals surface area contributed by atoms with Crippen LogP contribution in [0.25, 0.3) is 5.69 Å². The Morgan fingerprint density at radius 2 is 1.83 bits per heavy atom. The quantitative estimate of drug-likeness (QED) is 0.751. The summed E-state index contributed by atoms with van der Waals surface area (Å²) in [5.41, 5.74) is 5.15. The number of hydrogen-bond acceptors (Lipinski definition) is 2. The second-order valence-corrected chi connectivity index (χ2v) is 6.18. The highest BCUT2D eigenvalue weighted by molar-refractivity contribution is 6.33. The maximum absolute atomic E-state index is 12.4. The first-order valence-corrected chi connectivity index (χ1v) is 8.03. The number of carbonyl (C=O) groups is 1. The molecule has 24 heavy (non-hydrogen) atoms. The molecule has 1 heterocycles. The number of para-hydroxylation sites is 1. The third kappa shape index (κ3) is 3.19. The third-order valence-electron chi connectivity index (χ3n) is 3.82. The Morgan fingerprint density at radius 3 is 2.46 bits per heavy atom. The molecule has 0 fully saturated rings. The smallest absolute Gasteiger partial charge is 0.255 e. The minimum absolute atomic E-state index is 0.189. The van der Waals surface area contributed by atoms with E-state index in [9.17, 15) is 4.79 Å². The van der Waals surface area contributed by atoms with Gasteiger partial charge in [0.1, 0.15) is 0 Å².